The average molecular weight is 209 g/mol. The monoisotopic (exact) mass is 209 g/mol. The van der Waals surface area contributed by atoms with Crippen molar-refractivity contribution in [2.45, 2.75) is 45.6 Å². The van der Waals surface area contributed by atoms with Crippen molar-refractivity contribution in [3.05, 3.63) is 12.2 Å². The summed E-state index contributed by atoms with van der Waals surface area (Å²) >= 11 is 0. The Labute approximate surface area is 93.3 Å². The first-order valence-corrected chi connectivity index (χ1v) is 5.97. The van der Waals surface area contributed by atoms with Gasteiger partial charge >= 0.3 is 0 Å². The number of hydrogen-bond donors (Lipinski definition) is 0. The highest BCUT2D eigenvalue weighted by atomic mass is 16.1. The van der Waals surface area contributed by atoms with Crippen LogP contribution in [-0.4, -0.2) is 30.3 Å². The second-order valence-corrected chi connectivity index (χ2v) is 4.92. The third-order valence-electron chi connectivity index (χ3n) is 3.23. The van der Waals surface area contributed by atoms with Crippen molar-refractivity contribution in [3.63, 3.8) is 0 Å². The largest absolute Gasteiger partial charge is 0.303 e. The molecule has 0 aliphatic carbocycles. The van der Waals surface area contributed by atoms with E-state index in [1.807, 2.05) is 0 Å². The van der Waals surface area contributed by atoms with Crippen LogP contribution >= 0.6 is 0 Å². The Morgan fingerprint density at radius 2 is 2.33 bits per heavy atom. The minimum atomic E-state index is 0.540. The molecule has 1 heterocycles. The lowest BCUT2D eigenvalue weighted by Crippen LogP contribution is -2.40. The van der Waals surface area contributed by atoms with Gasteiger partial charge in [0.2, 0.25) is 0 Å². The Kier molecular flexibility index (Phi) is 5.03. The van der Waals surface area contributed by atoms with Gasteiger partial charge in [-0.25, -0.2) is 0 Å². The predicted molar refractivity (Wildman–Crippen MR) is 63.9 cm³/mol. The van der Waals surface area contributed by atoms with Gasteiger partial charge in [0.25, 0.3) is 0 Å². The van der Waals surface area contributed by atoms with Gasteiger partial charge in [-0.2, -0.15) is 0 Å². The normalized spacial score (nSPS) is 23.0. The van der Waals surface area contributed by atoms with Crippen molar-refractivity contribution in [1.82, 2.24) is 4.90 Å². The first-order valence-electron chi connectivity index (χ1n) is 5.97. The van der Waals surface area contributed by atoms with Crippen molar-refractivity contribution < 1.29 is 4.79 Å². The second-order valence-electron chi connectivity index (χ2n) is 4.92. The van der Waals surface area contributed by atoms with Crippen LogP contribution < -0.4 is 0 Å². The number of carbonyl (C=O) groups is 1. The van der Waals surface area contributed by atoms with E-state index in [1.54, 1.807) is 0 Å². The molecule has 0 radical (unpaired) electrons. The van der Waals surface area contributed by atoms with Crippen LogP contribution in [-0.2, 0) is 4.79 Å². The highest BCUT2D eigenvalue weighted by molar-refractivity contribution is 5.53. The summed E-state index contributed by atoms with van der Waals surface area (Å²) in [7, 11) is 0. The summed E-state index contributed by atoms with van der Waals surface area (Å²) in [6.07, 6.45) is 5.11. The Bertz CT molecular complexity index is 223. The highest BCUT2D eigenvalue weighted by Crippen LogP contribution is 2.24. The molecule has 0 saturated carbocycles. The molecule has 1 aliphatic rings. The van der Waals surface area contributed by atoms with Crippen molar-refractivity contribution in [2.75, 3.05) is 13.1 Å². The first kappa shape index (κ1) is 12.4. The molecule has 0 bridgehead atoms. The lowest BCUT2D eigenvalue weighted by atomic mass is 9.90. The minimum absolute atomic E-state index is 0.540. The maximum Gasteiger partial charge on any atom is 0.124 e. The Hall–Kier alpha value is -0.630. The van der Waals surface area contributed by atoms with Crippen molar-refractivity contribution in [3.8, 4) is 0 Å². The number of nitrogens with zero attached hydrogens (tertiary/aromatic N) is 1. The van der Waals surface area contributed by atoms with Crippen LogP contribution in [0.4, 0.5) is 0 Å². The van der Waals surface area contributed by atoms with E-state index in [0.717, 1.165) is 18.3 Å². The molecule has 2 nitrogen and oxygen atoms in total. The molecule has 0 aromatic carbocycles. The van der Waals surface area contributed by atoms with Gasteiger partial charge in [0.05, 0.1) is 0 Å². The van der Waals surface area contributed by atoms with Gasteiger partial charge < -0.3 is 9.69 Å². The zero-order chi connectivity index (χ0) is 11.3. The molecule has 86 valence electrons. The van der Waals surface area contributed by atoms with Gasteiger partial charge in [0, 0.05) is 19.0 Å². The van der Waals surface area contributed by atoms with Gasteiger partial charge in [0.1, 0.15) is 6.29 Å². The van der Waals surface area contributed by atoms with Crippen LogP contribution in [0.2, 0.25) is 0 Å². The van der Waals surface area contributed by atoms with Crippen LogP contribution in [0.1, 0.15) is 39.5 Å². The summed E-state index contributed by atoms with van der Waals surface area (Å²) in [5.74, 6) is 0.716. The van der Waals surface area contributed by atoms with Crippen LogP contribution in [0, 0.1) is 5.92 Å². The molecule has 0 aromatic rings. The smallest absolute Gasteiger partial charge is 0.124 e. The summed E-state index contributed by atoms with van der Waals surface area (Å²) in [5, 5.41) is 0. The Balaban J connectivity index is 2.36. The van der Waals surface area contributed by atoms with Crippen LogP contribution in [0.3, 0.4) is 0 Å². The van der Waals surface area contributed by atoms with Gasteiger partial charge in [-0.15, -0.1) is 0 Å². The van der Waals surface area contributed by atoms with Crippen molar-refractivity contribution in [1.29, 1.82) is 0 Å². The third-order valence-corrected chi connectivity index (χ3v) is 3.23. The molecule has 1 rings (SSSR count). The van der Waals surface area contributed by atoms with E-state index in [0.29, 0.717) is 18.4 Å². The van der Waals surface area contributed by atoms with Gasteiger partial charge in [-0.05, 0) is 45.6 Å². The first-order chi connectivity index (χ1) is 7.13. The van der Waals surface area contributed by atoms with E-state index in [2.05, 4.69) is 25.3 Å². The fourth-order valence-electron chi connectivity index (χ4n) is 2.34. The molecule has 1 aliphatic heterocycles. The number of piperidine rings is 1. The number of likely N-dealkylation sites (tertiary alicyclic amines) is 1. The molecule has 0 N–H and O–H groups in total. The summed E-state index contributed by atoms with van der Waals surface area (Å²) in [6.45, 7) is 10.9. The minimum Gasteiger partial charge on any atom is -0.303 e. The topological polar surface area (TPSA) is 20.3 Å². The molecule has 1 saturated heterocycles. The fraction of sp³-hybridized carbons (Fsp3) is 0.769. The number of hydrogen-bond acceptors (Lipinski definition) is 2. The molecule has 1 atom stereocenters. The number of rotatable bonds is 5. The Morgan fingerprint density at radius 3 is 2.93 bits per heavy atom. The number of allylic oxidation sites excluding steroid dienone is 1. The van der Waals surface area contributed by atoms with Gasteiger partial charge in [0.15, 0.2) is 0 Å². The molecule has 0 aromatic heterocycles. The molecule has 1 fully saturated rings. The maximum atomic E-state index is 10.4. The number of aldehydes is 1. The lowest BCUT2D eigenvalue weighted by Gasteiger charge is -2.35. The van der Waals surface area contributed by atoms with E-state index >= 15 is 0 Å². The molecule has 0 amide bonds. The van der Waals surface area contributed by atoms with Crippen LogP contribution in [0.25, 0.3) is 0 Å². The van der Waals surface area contributed by atoms with E-state index in [-0.39, 0.29) is 0 Å². The SMILES string of the molecule is C=C(CC=O)CC1CCCN(C(C)C)C1. The fourth-order valence-corrected chi connectivity index (χ4v) is 2.34. The van der Waals surface area contributed by atoms with Crippen LogP contribution in [0.5, 0.6) is 0 Å². The van der Waals surface area contributed by atoms with E-state index in [4.69, 9.17) is 0 Å². The maximum absolute atomic E-state index is 10.4. The van der Waals surface area contributed by atoms with Crippen molar-refractivity contribution in [2.24, 2.45) is 5.92 Å². The zero-order valence-electron chi connectivity index (χ0n) is 10.0. The van der Waals surface area contributed by atoms with Crippen LogP contribution in [0.15, 0.2) is 12.2 Å². The summed E-state index contributed by atoms with van der Waals surface area (Å²) in [5.41, 5.74) is 1.10. The lowest BCUT2D eigenvalue weighted by molar-refractivity contribution is -0.107. The average Bonchev–Trinajstić information content (AvgIpc) is 2.18. The second kappa shape index (κ2) is 6.06. The van der Waals surface area contributed by atoms with E-state index in [1.165, 1.54) is 25.9 Å². The standard InChI is InChI=1S/C13H23NO/c1-11(2)14-7-4-5-13(10-14)9-12(3)6-8-15/h8,11,13H,3-7,9-10H2,1-2H3. The van der Waals surface area contributed by atoms with Crippen molar-refractivity contribution >= 4 is 6.29 Å². The predicted octanol–water partition coefficient (Wildman–Crippen LogP) is 2.64. The summed E-state index contributed by atoms with van der Waals surface area (Å²) in [6, 6.07) is 0.645. The summed E-state index contributed by atoms with van der Waals surface area (Å²) < 4.78 is 0. The quantitative estimate of drug-likeness (QED) is 0.512. The van der Waals surface area contributed by atoms with E-state index in [9.17, 15) is 4.79 Å². The van der Waals surface area contributed by atoms with Gasteiger partial charge in [-0.1, -0.05) is 12.2 Å². The molecule has 1 unspecified atom stereocenters. The molecule has 0 spiro atoms. The highest BCUT2D eigenvalue weighted by Gasteiger charge is 2.21. The van der Waals surface area contributed by atoms with Gasteiger partial charge in [-0.3, -0.25) is 0 Å². The Morgan fingerprint density at radius 1 is 1.60 bits per heavy atom. The molecule has 15 heavy (non-hydrogen) atoms. The summed E-state index contributed by atoms with van der Waals surface area (Å²) in [4.78, 5) is 12.9. The van der Waals surface area contributed by atoms with E-state index < -0.39 is 0 Å². The molecular formula is C13H23NO. The zero-order valence-corrected chi connectivity index (χ0v) is 10.0. The molecular weight excluding hydrogens is 186 g/mol. The number of carbonyl (C=O) groups excluding carboxylic acids is 1. The molecule has 2 heteroatoms. The third kappa shape index (κ3) is 4.17.